The van der Waals surface area contributed by atoms with Crippen molar-refractivity contribution in [2.75, 3.05) is 20.6 Å². The van der Waals surface area contributed by atoms with Crippen molar-refractivity contribution < 1.29 is 14.6 Å². The molecule has 0 saturated heterocycles. The third-order valence-electron chi connectivity index (χ3n) is 5.07. The molecule has 118 valence electrons. The molecule has 1 aliphatic rings. The van der Waals surface area contributed by atoms with E-state index in [1.54, 1.807) is 0 Å². The highest BCUT2D eigenvalue weighted by molar-refractivity contribution is 5.34. The third-order valence-corrected chi connectivity index (χ3v) is 5.07. The Bertz CT molecular complexity index is 485. The van der Waals surface area contributed by atoms with Gasteiger partial charge in [-0.2, -0.15) is 0 Å². The van der Waals surface area contributed by atoms with Gasteiger partial charge < -0.3 is 15.1 Å². The summed E-state index contributed by atoms with van der Waals surface area (Å²) in [6, 6.07) is 3.93. The van der Waals surface area contributed by atoms with E-state index in [9.17, 15) is 14.6 Å². The van der Waals surface area contributed by atoms with Gasteiger partial charge in [0.1, 0.15) is 11.6 Å². The Balaban J connectivity index is 2.48. The minimum atomic E-state index is -1.11. The van der Waals surface area contributed by atoms with Gasteiger partial charge in [-0.15, -0.1) is 0 Å². The Hall–Kier alpha value is -1.13. The summed E-state index contributed by atoms with van der Waals surface area (Å²) in [5.41, 5.74) is -0.618. The van der Waals surface area contributed by atoms with Crippen molar-refractivity contribution in [3.05, 3.63) is 29.6 Å². The predicted molar refractivity (Wildman–Crippen MR) is 81.6 cm³/mol. The van der Waals surface area contributed by atoms with Gasteiger partial charge in [-0.3, -0.25) is 0 Å². The highest BCUT2D eigenvalue weighted by Crippen LogP contribution is 2.48. The summed E-state index contributed by atoms with van der Waals surface area (Å²) in [5.74, 6) is -0.240. The Morgan fingerprint density at radius 3 is 2.48 bits per heavy atom. The summed E-state index contributed by atoms with van der Waals surface area (Å²) in [6.07, 6.45) is 1.96. The first-order valence-electron chi connectivity index (χ1n) is 7.62. The zero-order valence-corrected chi connectivity index (χ0v) is 13.3. The van der Waals surface area contributed by atoms with Crippen molar-refractivity contribution >= 4 is 0 Å². The Morgan fingerprint density at radius 2 is 1.90 bits per heavy atom. The first kappa shape index (κ1) is 16.2. The minimum absolute atomic E-state index is 0.0115. The van der Waals surface area contributed by atoms with E-state index in [-0.39, 0.29) is 17.6 Å². The van der Waals surface area contributed by atoms with Crippen molar-refractivity contribution in [1.29, 1.82) is 0 Å². The lowest BCUT2D eigenvalue weighted by molar-refractivity contribution is -0.120. The van der Waals surface area contributed by atoms with E-state index in [1.165, 1.54) is 12.1 Å². The lowest BCUT2D eigenvalue weighted by atomic mass is 9.62. The predicted octanol–water partition coefficient (Wildman–Crippen LogP) is 2.96. The molecule has 0 spiro atoms. The molecule has 0 bridgehead atoms. The summed E-state index contributed by atoms with van der Waals surface area (Å²) in [7, 11) is 3.96. The Kier molecular flexibility index (Phi) is 4.59. The highest BCUT2D eigenvalue weighted by Gasteiger charge is 2.48. The van der Waals surface area contributed by atoms with Crippen molar-refractivity contribution in [3.8, 4) is 5.75 Å². The van der Waals surface area contributed by atoms with Crippen molar-refractivity contribution in [2.24, 2.45) is 17.8 Å². The SMILES string of the molecule is C[C@H]1CC[C@H](CN(C)C)[C@@](O)(c2cc(O)cc(F)c2)[C@H]1C. The van der Waals surface area contributed by atoms with Crippen LogP contribution in [0.25, 0.3) is 0 Å². The van der Waals surface area contributed by atoms with E-state index in [0.717, 1.165) is 25.5 Å². The van der Waals surface area contributed by atoms with Crippen molar-refractivity contribution in [3.63, 3.8) is 0 Å². The van der Waals surface area contributed by atoms with Gasteiger partial charge in [0.05, 0.1) is 5.60 Å². The zero-order chi connectivity index (χ0) is 15.8. The van der Waals surface area contributed by atoms with Gasteiger partial charge in [-0.25, -0.2) is 4.39 Å². The second-order valence-corrected chi connectivity index (χ2v) is 6.83. The molecule has 0 heterocycles. The maximum atomic E-state index is 13.7. The average Bonchev–Trinajstić information content (AvgIpc) is 2.38. The van der Waals surface area contributed by atoms with E-state index >= 15 is 0 Å². The lowest BCUT2D eigenvalue weighted by Gasteiger charge is -2.49. The van der Waals surface area contributed by atoms with Crippen molar-refractivity contribution in [1.82, 2.24) is 4.90 Å². The number of hydrogen-bond acceptors (Lipinski definition) is 3. The second-order valence-electron chi connectivity index (χ2n) is 6.83. The molecule has 2 rings (SSSR count). The molecule has 0 aliphatic heterocycles. The molecule has 0 unspecified atom stereocenters. The van der Waals surface area contributed by atoms with E-state index in [2.05, 4.69) is 11.8 Å². The number of aliphatic hydroxyl groups is 1. The molecule has 4 heteroatoms. The molecule has 1 saturated carbocycles. The molecule has 0 radical (unpaired) electrons. The van der Waals surface area contributed by atoms with Crippen LogP contribution < -0.4 is 0 Å². The van der Waals surface area contributed by atoms with Crippen LogP contribution in [-0.2, 0) is 5.60 Å². The summed E-state index contributed by atoms with van der Waals surface area (Å²) < 4.78 is 13.7. The minimum Gasteiger partial charge on any atom is -0.508 e. The van der Waals surface area contributed by atoms with Gasteiger partial charge in [0.15, 0.2) is 0 Å². The van der Waals surface area contributed by atoms with Gasteiger partial charge in [-0.05, 0) is 56.5 Å². The number of aromatic hydroxyl groups is 1. The standard InChI is InChI=1S/C17H26FNO2/c1-11-5-6-13(10-19(3)4)17(21,12(11)2)14-7-15(18)9-16(20)8-14/h7-9,11-13,20-21H,5-6,10H2,1-4H3/t11-,12-,13+,17+/m0/s1. The Labute approximate surface area is 126 Å². The van der Waals surface area contributed by atoms with Gasteiger partial charge in [-0.1, -0.05) is 13.8 Å². The summed E-state index contributed by atoms with van der Waals surface area (Å²) in [6.45, 7) is 4.89. The van der Waals surface area contributed by atoms with Gasteiger partial charge >= 0.3 is 0 Å². The molecule has 0 aromatic heterocycles. The summed E-state index contributed by atoms with van der Waals surface area (Å²) >= 11 is 0. The number of halogens is 1. The number of hydrogen-bond donors (Lipinski definition) is 2. The fourth-order valence-electron chi connectivity index (χ4n) is 3.71. The molecule has 1 fully saturated rings. The number of phenolic OH excluding ortho intramolecular Hbond substituents is 1. The number of rotatable bonds is 3. The van der Waals surface area contributed by atoms with E-state index in [0.29, 0.717) is 11.5 Å². The number of nitrogens with zero attached hydrogens (tertiary/aromatic N) is 1. The van der Waals surface area contributed by atoms with E-state index in [1.807, 2.05) is 21.0 Å². The van der Waals surface area contributed by atoms with Crippen LogP contribution in [-0.4, -0.2) is 35.8 Å². The molecule has 0 amide bonds. The van der Waals surface area contributed by atoms with Crippen LogP contribution in [0.3, 0.4) is 0 Å². The fraction of sp³-hybridized carbons (Fsp3) is 0.647. The molecular formula is C17H26FNO2. The molecule has 21 heavy (non-hydrogen) atoms. The zero-order valence-electron chi connectivity index (χ0n) is 13.3. The van der Waals surface area contributed by atoms with Crippen molar-refractivity contribution in [2.45, 2.75) is 32.3 Å². The maximum Gasteiger partial charge on any atom is 0.127 e. The summed E-state index contributed by atoms with van der Waals surface area (Å²) in [4.78, 5) is 2.05. The van der Waals surface area contributed by atoms with Crippen LogP contribution in [0.1, 0.15) is 32.3 Å². The van der Waals surface area contributed by atoms with Crippen LogP contribution in [0, 0.1) is 23.6 Å². The number of benzene rings is 1. The van der Waals surface area contributed by atoms with Crippen LogP contribution in [0.15, 0.2) is 18.2 Å². The van der Waals surface area contributed by atoms with Gasteiger partial charge in [0.25, 0.3) is 0 Å². The van der Waals surface area contributed by atoms with Gasteiger partial charge in [0.2, 0.25) is 0 Å². The van der Waals surface area contributed by atoms with E-state index in [4.69, 9.17) is 0 Å². The molecule has 4 atom stereocenters. The molecule has 1 aliphatic carbocycles. The van der Waals surface area contributed by atoms with Crippen LogP contribution in [0.4, 0.5) is 4.39 Å². The first-order valence-corrected chi connectivity index (χ1v) is 7.62. The van der Waals surface area contributed by atoms with E-state index < -0.39 is 11.4 Å². The lowest BCUT2D eigenvalue weighted by Crippen LogP contribution is -2.50. The van der Waals surface area contributed by atoms with Crippen LogP contribution in [0.5, 0.6) is 5.75 Å². The second kappa shape index (κ2) is 5.93. The molecule has 1 aromatic rings. The topological polar surface area (TPSA) is 43.7 Å². The van der Waals surface area contributed by atoms with Gasteiger partial charge in [0, 0.05) is 18.5 Å². The smallest absolute Gasteiger partial charge is 0.127 e. The fourth-order valence-corrected chi connectivity index (χ4v) is 3.71. The molecule has 1 aromatic carbocycles. The molecular weight excluding hydrogens is 269 g/mol. The quantitative estimate of drug-likeness (QED) is 0.901. The average molecular weight is 295 g/mol. The van der Waals surface area contributed by atoms with Crippen LogP contribution in [0.2, 0.25) is 0 Å². The third kappa shape index (κ3) is 3.06. The van der Waals surface area contributed by atoms with Crippen LogP contribution >= 0.6 is 0 Å². The number of phenols is 1. The first-order chi connectivity index (χ1) is 9.75. The largest absolute Gasteiger partial charge is 0.508 e. The molecule has 3 nitrogen and oxygen atoms in total. The monoisotopic (exact) mass is 295 g/mol. The normalized spacial score (nSPS) is 33.4. The highest BCUT2D eigenvalue weighted by atomic mass is 19.1. The maximum absolute atomic E-state index is 13.7. The Morgan fingerprint density at radius 1 is 1.24 bits per heavy atom. The molecule has 2 N–H and O–H groups in total. The summed E-state index contributed by atoms with van der Waals surface area (Å²) in [5, 5.41) is 21.1.